The van der Waals surface area contributed by atoms with E-state index in [0.29, 0.717) is 17.3 Å². The molecule has 1 amide bonds. The molecule has 2 aromatic rings. The van der Waals surface area contributed by atoms with E-state index in [9.17, 15) is 4.79 Å². The number of aryl methyl sites for hydroxylation is 1. The van der Waals surface area contributed by atoms with Crippen LogP contribution in [0.25, 0.3) is 11.4 Å². The van der Waals surface area contributed by atoms with Crippen molar-refractivity contribution in [3.8, 4) is 22.9 Å². The third-order valence-corrected chi connectivity index (χ3v) is 4.12. The van der Waals surface area contributed by atoms with Crippen molar-refractivity contribution in [1.82, 2.24) is 14.9 Å². The van der Waals surface area contributed by atoms with Crippen LogP contribution in [0.1, 0.15) is 24.4 Å². The van der Waals surface area contributed by atoms with Crippen LogP contribution in [-0.2, 0) is 4.79 Å². The van der Waals surface area contributed by atoms with Crippen LogP contribution < -0.4 is 14.8 Å². The molecule has 1 unspecified atom stereocenters. The molecule has 6 heteroatoms. The van der Waals surface area contributed by atoms with E-state index >= 15 is 0 Å². The van der Waals surface area contributed by atoms with Gasteiger partial charge in [0.05, 0.1) is 19.8 Å². The molecule has 2 heterocycles. The van der Waals surface area contributed by atoms with E-state index in [-0.39, 0.29) is 11.9 Å². The number of imidazole rings is 1. The van der Waals surface area contributed by atoms with Gasteiger partial charge in [0.15, 0.2) is 11.5 Å². The van der Waals surface area contributed by atoms with Gasteiger partial charge in [-0.1, -0.05) is 0 Å². The molecule has 1 saturated heterocycles. The maximum Gasteiger partial charge on any atom is 0.243 e. The summed E-state index contributed by atoms with van der Waals surface area (Å²) in [5.41, 5.74) is 1.87. The number of nitrogens with zero attached hydrogens (tertiary/aromatic N) is 2. The van der Waals surface area contributed by atoms with Crippen LogP contribution in [0.15, 0.2) is 24.5 Å². The third kappa shape index (κ3) is 2.76. The summed E-state index contributed by atoms with van der Waals surface area (Å²) in [5.74, 6) is 2.03. The normalized spacial score (nSPS) is 17.7. The highest BCUT2D eigenvalue weighted by Gasteiger charge is 2.27. The SMILES string of the molecule is COc1cc(C)cc(-c2nccn2C2CCCNC2=O)c1OC. The maximum absolute atomic E-state index is 12.2. The third-order valence-electron chi connectivity index (χ3n) is 4.12. The highest BCUT2D eigenvalue weighted by atomic mass is 16.5. The zero-order valence-corrected chi connectivity index (χ0v) is 13.6. The van der Waals surface area contributed by atoms with Crippen LogP contribution in [0.4, 0.5) is 0 Å². The van der Waals surface area contributed by atoms with Crippen molar-refractivity contribution in [2.75, 3.05) is 20.8 Å². The second-order valence-electron chi connectivity index (χ2n) is 5.66. The van der Waals surface area contributed by atoms with Gasteiger partial charge in [-0.15, -0.1) is 0 Å². The highest BCUT2D eigenvalue weighted by Crippen LogP contribution is 2.39. The molecule has 1 aromatic heterocycles. The molecule has 0 bridgehead atoms. The van der Waals surface area contributed by atoms with E-state index in [1.807, 2.05) is 29.8 Å². The number of rotatable bonds is 4. The van der Waals surface area contributed by atoms with E-state index in [1.165, 1.54) is 0 Å². The second-order valence-corrected chi connectivity index (χ2v) is 5.66. The number of nitrogens with one attached hydrogen (secondary N) is 1. The van der Waals surface area contributed by atoms with Gasteiger partial charge in [-0.2, -0.15) is 0 Å². The molecular formula is C17H21N3O3. The van der Waals surface area contributed by atoms with E-state index < -0.39 is 0 Å². The van der Waals surface area contributed by atoms with Crippen molar-refractivity contribution >= 4 is 5.91 Å². The number of carbonyl (C=O) groups excluding carboxylic acids is 1. The summed E-state index contributed by atoms with van der Waals surface area (Å²) < 4.78 is 12.9. The number of hydrogen-bond acceptors (Lipinski definition) is 4. The fourth-order valence-corrected chi connectivity index (χ4v) is 3.06. The highest BCUT2D eigenvalue weighted by molar-refractivity contribution is 5.82. The number of carbonyl (C=O) groups is 1. The topological polar surface area (TPSA) is 65.4 Å². The number of piperidine rings is 1. The summed E-state index contributed by atoms with van der Waals surface area (Å²) in [7, 11) is 3.22. The monoisotopic (exact) mass is 315 g/mol. The van der Waals surface area contributed by atoms with Crippen molar-refractivity contribution in [2.24, 2.45) is 0 Å². The lowest BCUT2D eigenvalue weighted by atomic mass is 10.0. The average Bonchev–Trinajstić information content (AvgIpc) is 3.03. The second kappa shape index (κ2) is 6.32. The molecule has 1 aliphatic heterocycles. The fraction of sp³-hybridized carbons (Fsp3) is 0.412. The lowest BCUT2D eigenvalue weighted by molar-refractivity contribution is -0.125. The van der Waals surface area contributed by atoms with E-state index in [0.717, 1.165) is 30.5 Å². The molecule has 3 rings (SSSR count). The Balaban J connectivity index is 2.12. The van der Waals surface area contributed by atoms with Gasteiger partial charge in [-0.25, -0.2) is 4.98 Å². The summed E-state index contributed by atoms with van der Waals surface area (Å²) in [6.45, 7) is 2.73. The minimum atomic E-state index is -0.238. The molecule has 23 heavy (non-hydrogen) atoms. The first-order chi connectivity index (χ1) is 11.2. The van der Waals surface area contributed by atoms with Crippen molar-refractivity contribution in [3.63, 3.8) is 0 Å². The van der Waals surface area contributed by atoms with Crippen LogP contribution >= 0.6 is 0 Å². The zero-order chi connectivity index (χ0) is 16.4. The van der Waals surface area contributed by atoms with Crippen molar-refractivity contribution in [3.05, 3.63) is 30.1 Å². The van der Waals surface area contributed by atoms with E-state index in [2.05, 4.69) is 10.3 Å². The number of aromatic nitrogens is 2. The molecule has 1 aliphatic rings. The lowest BCUT2D eigenvalue weighted by Crippen LogP contribution is -2.37. The molecular weight excluding hydrogens is 294 g/mol. The largest absolute Gasteiger partial charge is 0.493 e. The van der Waals surface area contributed by atoms with Gasteiger partial charge < -0.3 is 19.4 Å². The first kappa shape index (κ1) is 15.4. The Bertz CT molecular complexity index is 724. The van der Waals surface area contributed by atoms with Gasteiger partial charge in [0.25, 0.3) is 0 Å². The molecule has 6 nitrogen and oxygen atoms in total. The number of benzene rings is 1. The fourth-order valence-electron chi connectivity index (χ4n) is 3.06. The Morgan fingerprint density at radius 1 is 1.30 bits per heavy atom. The molecule has 0 saturated carbocycles. The number of ether oxygens (including phenoxy) is 2. The first-order valence-electron chi connectivity index (χ1n) is 7.69. The van der Waals surface area contributed by atoms with Crippen LogP contribution in [-0.4, -0.2) is 36.2 Å². The molecule has 0 aliphatic carbocycles. The van der Waals surface area contributed by atoms with Crippen molar-refractivity contribution < 1.29 is 14.3 Å². The summed E-state index contributed by atoms with van der Waals surface area (Å²) in [5, 5.41) is 2.92. The minimum Gasteiger partial charge on any atom is -0.493 e. The Morgan fingerprint density at radius 2 is 2.13 bits per heavy atom. The number of hydrogen-bond donors (Lipinski definition) is 1. The molecule has 1 N–H and O–H groups in total. The van der Waals surface area contributed by atoms with Crippen molar-refractivity contribution in [1.29, 1.82) is 0 Å². The Labute approximate surface area is 135 Å². The van der Waals surface area contributed by atoms with Crippen molar-refractivity contribution in [2.45, 2.75) is 25.8 Å². The van der Waals surface area contributed by atoms with Gasteiger partial charge in [-0.3, -0.25) is 4.79 Å². The Morgan fingerprint density at radius 3 is 2.83 bits per heavy atom. The number of methoxy groups -OCH3 is 2. The van der Waals surface area contributed by atoms with Gasteiger partial charge >= 0.3 is 0 Å². The van der Waals surface area contributed by atoms with Gasteiger partial charge in [0.2, 0.25) is 5.91 Å². The molecule has 1 atom stereocenters. The summed E-state index contributed by atoms with van der Waals surface area (Å²) in [4.78, 5) is 16.7. The quantitative estimate of drug-likeness (QED) is 0.940. The summed E-state index contributed by atoms with van der Waals surface area (Å²) in [6.07, 6.45) is 5.33. The van der Waals surface area contributed by atoms with Crippen LogP contribution in [0.3, 0.4) is 0 Å². The first-order valence-corrected chi connectivity index (χ1v) is 7.69. The van der Waals surface area contributed by atoms with E-state index in [4.69, 9.17) is 9.47 Å². The maximum atomic E-state index is 12.2. The predicted molar refractivity (Wildman–Crippen MR) is 86.8 cm³/mol. The molecule has 0 spiro atoms. The van der Waals surface area contributed by atoms with E-state index in [1.54, 1.807) is 20.4 Å². The Kier molecular flexibility index (Phi) is 4.23. The van der Waals surface area contributed by atoms with Crippen LogP contribution in [0.5, 0.6) is 11.5 Å². The Hall–Kier alpha value is -2.50. The standard InChI is InChI=1S/C17H21N3O3/c1-11-9-12(15(23-3)14(10-11)22-2)16-18-7-8-20(16)13-5-4-6-19-17(13)21/h7-10,13H,4-6H2,1-3H3,(H,19,21). The molecule has 122 valence electrons. The minimum absolute atomic E-state index is 0.0362. The van der Waals surface area contributed by atoms with Gasteiger partial charge in [-0.05, 0) is 37.5 Å². The summed E-state index contributed by atoms with van der Waals surface area (Å²) in [6, 6.07) is 3.68. The average molecular weight is 315 g/mol. The van der Waals surface area contributed by atoms with Gasteiger partial charge in [0.1, 0.15) is 11.9 Å². The molecule has 1 fully saturated rings. The van der Waals surface area contributed by atoms with Crippen LogP contribution in [0, 0.1) is 6.92 Å². The zero-order valence-electron chi connectivity index (χ0n) is 13.6. The molecule has 0 radical (unpaired) electrons. The van der Waals surface area contributed by atoms with Crippen LogP contribution in [0.2, 0.25) is 0 Å². The predicted octanol–water partition coefficient (Wildman–Crippen LogP) is 2.33. The molecule has 1 aromatic carbocycles. The lowest BCUT2D eigenvalue weighted by Gasteiger charge is -2.25. The summed E-state index contributed by atoms with van der Waals surface area (Å²) >= 11 is 0. The van der Waals surface area contributed by atoms with Gasteiger partial charge in [0, 0.05) is 18.9 Å². The smallest absolute Gasteiger partial charge is 0.243 e. The number of amides is 1.